The van der Waals surface area contributed by atoms with Crippen LogP contribution in [0.3, 0.4) is 0 Å². The molecule has 0 bridgehead atoms. The molecule has 104 valence electrons. The molecule has 1 aliphatic heterocycles. The number of Topliss-reactive ketones (excluding diaryl/α,β-unsaturated/α-hetero) is 1. The lowest BCUT2D eigenvalue weighted by Crippen LogP contribution is -2.17. The first-order chi connectivity index (χ1) is 8.83. The third kappa shape index (κ3) is 4.16. The molecule has 2 unspecified atom stereocenters. The van der Waals surface area contributed by atoms with Crippen LogP contribution in [0.4, 0.5) is 13.2 Å². The van der Waals surface area contributed by atoms with Crippen LogP contribution in [0.25, 0.3) is 0 Å². The average Bonchev–Trinajstić information content (AvgIpc) is 2.55. The van der Waals surface area contributed by atoms with Gasteiger partial charge in [-0.25, -0.2) is 0 Å². The van der Waals surface area contributed by atoms with Crippen LogP contribution in [-0.2, 0) is 11.2 Å². The van der Waals surface area contributed by atoms with Gasteiger partial charge in [-0.3, -0.25) is 4.79 Å². The number of thioether (sulfide) groups is 1. The van der Waals surface area contributed by atoms with E-state index in [1.165, 1.54) is 18.2 Å². The second kappa shape index (κ2) is 5.45. The molecule has 19 heavy (non-hydrogen) atoms. The largest absolute Gasteiger partial charge is 0.573 e. The highest BCUT2D eigenvalue weighted by Crippen LogP contribution is 2.33. The number of alkyl halides is 3. The Hall–Kier alpha value is -1.17. The van der Waals surface area contributed by atoms with Gasteiger partial charge in [0.05, 0.1) is 5.25 Å². The molecule has 0 aliphatic carbocycles. The Bertz CT molecular complexity index is 473. The van der Waals surface area contributed by atoms with Gasteiger partial charge >= 0.3 is 6.36 Å². The van der Waals surface area contributed by atoms with Crippen molar-refractivity contribution in [2.24, 2.45) is 0 Å². The summed E-state index contributed by atoms with van der Waals surface area (Å²) in [6, 6.07) is 5.92. The molecule has 0 spiro atoms. The molecule has 0 N–H and O–H groups in total. The molecule has 1 aromatic rings. The van der Waals surface area contributed by atoms with E-state index in [1.807, 2.05) is 6.92 Å². The SMILES string of the molecule is CC1SC(Cc2cccc(OC(F)(F)F)c2)CC1=O. The fourth-order valence-corrected chi connectivity index (χ4v) is 3.43. The van der Waals surface area contributed by atoms with Gasteiger partial charge in [-0.1, -0.05) is 12.1 Å². The smallest absolute Gasteiger partial charge is 0.406 e. The molecule has 1 aromatic carbocycles. The molecule has 0 amide bonds. The zero-order valence-electron chi connectivity index (χ0n) is 10.2. The highest BCUT2D eigenvalue weighted by molar-refractivity contribution is 8.01. The summed E-state index contributed by atoms with van der Waals surface area (Å²) in [6.45, 7) is 1.86. The number of rotatable bonds is 3. The van der Waals surface area contributed by atoms with Crippen LogP contribution in [0.1, 0.15) is 18.9 Å². The molecule has 2 nitrogen and oxygen atoms in total. The summed E-state index contributed by atoms with van der Waals surface area (Å²) in [6.07, 6.45) is -3.61. The summed E-state index contributed by atoms with van der Waals surface area (Å²) >= 11 is 1.57. The van der Waals surface area contributed by atoms with E-state index < -0.39 is 6.36 Å². The maximum absolute atomic E-state index is 12.1. The highest BCUT2D eigenvalue weighted by atomic mass is 32.2. The van der Waals surface area contributed by atoms with Gasteiger partial charge in [0.25, 0.3) is 0 Å². The molecule has 1 saturated heterocycles. The van der Waals surface area contributed by atoms with Crippen LogP contribution in [0, 0.1) is 0 Å². The molecule has 6 heteroatoms. The van der Waals surface area contributed by atoms with E-state index >= 15 is 0 Å². The number of hydrogen-bond donors (Lipinski definition) is 0. The number of carbonyl (C=O) groups excluding carboxylic acids is 1. The predicted molar refractivity (Wildman–Crippen MR) is 67.3 cm³/mol. The van der Waals surface area contributed by atoms with Crippen molar-refractivity contribution < 1.29 is 22.7 Å². The Morgan fingerprint density at radius 1 is 1.42 bits per heavy atom. The summed E-state index contributed by atoms with van der Waals surface area (Å²) in [7, 11) is 0. The van der Waals surface area contributed by atoms with Crippen molar-refractivity contribution in [3.05, 3.63) is 29.8 Å². The van der Waals surface area contributed by atoms with Crippen molar-refractivity contribution in [1.29, 1.82) is 0 Å². The first-order valence-electron chi connectivity index (χ1n) is 5.86. The molecule has 1 aliphatic rings. The van der Waals surface area contributed by atoms with E-state index in [4.69, 9.17) is 0 Å². The third-order valence-corrected chi connectivity index (χ3v) is 4.26. The maximum Gasteiger partial charge on any atom is 0.573 e. The van der Waals surface area contributed by atoms with Crippen molar-refractivity contribution in [3.63, 3.8) is 0 Å². The number of carbonyl (C=O) groups is 1. The number of benzene rings is 1. The van der Waals surface area contributed by atoms with Crippen LogP contribution in [-0.4, -0.2) is 22.6 Å². The fraction of sp³-hybridized carbons (Fsp3) is 0.462. The summed E-state index contributed by atoms with van der Waals surface area (Å²) < 4.78 is 40.2. The van der Waals surface area contributed by atoms with Gasteiger partial charge in [-0.15, -0.1) is 24.9 Å². The minimum Gasteiger partial charge on any atom is -0.406 e. The first kappa shape index (κ1) is 14.2. The number of halogens is 3. The van der Waals surface area contributed by atoms with Crippen LogP contribution in [0.5, 0.6) is 5.75 Å². The lowest BCUT2D eigenvalue weighted by molar-refractivity contribution is -0.274. The third-order valence-electron chi connectivity index (χ3n) is 2.87. The second-order valence-corrected chi connectivity index (χ2v) is 6.12. The molecule has 1 fully saturated rings. The molecule has 2 atom stereocenters. The van der Waals surface area contributed by atoms with Gasteiger partial charge in [0.1, 0.15) is 11.5 Å². The quantitative estimate of drug-likeness (QED) is 0.851. The van der Waals surface area contributed by atoms with E-state index in [-0.39, 0.29) is 22.0 Å². The standard InChI is InChI=1S/C13H13F3O2S/c1-8-12(17)7-11(19-8)6-9-3-2-4-10(5-9)18-13(14,15)16/h2-5,8,11H,6-7H2,1H3. The van der Waals surface area contributed by atoms with E-state index in [1.54, 1.807) is 17.8 Å². The normalized spacial score (nSPS) is 23.7. The minimum atomic E-state index is -4.68. The van der Waals surface area contributed by atoms with Gasteiger partial charge in [0, 0.05) is 11.7 Å². The molecular weight excluding hydrogens is 277 g/mol. The molecule has 0 saturated carbocycles. The number of ketones is 1. The Kier molecular flexibility index (Phi) is 4.08. The molecular formula is C13H13F3O2S. The monoisotopic (exact) mass is 290 g/mol. The lowest BCUT2D eigenvalue weighted by Gasteiger charge is -2.12. The van der Waals surface area contributed by atoms with Crippen LogP contribution >= 0.6 is 11.8 Å². The van der Waals surface area contributed by atoms with Gasteiger partial charge in [-0.2, -0.15) is 0 Å². The van der Waals surface area contributed by atoms with Gasteiger partial charge in [-0.05, 0) is 31.0 Å². The Morgan fingerprint density at radius 3 is 2.74 bits per heavy atom. The molecule has 0 radical (unpaired) electrons. The van der Waals surface area contributed by atoms with Gasteiger partial charge in [0.15, 0.2) is 0 Å². The fourth-order valence-electron chi connectivity index (χ4n) is 2.06. The van der Waals surface area contributed by atoms with Crippen molar-refractivity contribution in [3.8, 4) is 5.75 Å². The highest BCUT2D eigenvalue weighted by Gasteiger charge is 2.32. The summed E-state index contributed by atoms with van der Waals surface area (Å²) in [5.41, 5.74) is 0.751. The first-order valence-corrected chi connectivity index (χ1v) is 6.80. The predicted octanol–water partition coefficient (Wildman–Crippen LogP) is 3.59. The Morgan fingerprint density at radius 2 is 2.16 bits per heavy atom. The lowest BCUT2D eigenvalue weighted by atomic mass is 10.1. The van der Waals surface area contributed by atoms with E-state index in [0.717, 1.165) is 5.56 Å². The van der Waals surface area contributed by atoms with E-state index in [0.29, 0.717) is 12.8 Å². The average molecular weight is 290 g/mol. The second-order valence-electron chi connectivity index (χ2n) is 4.47. The van der Waals surface area contributed by atoms with Crippen LogP contribution in [0.15, 0.2) is 24.3 Å². The van der Waals surface area contributed by atoms with Crippen molar-refractivity contribution in [2.45, 2.75) is 36.6 Å². The van der Waals surface area contributed by atoms with Gasteiger partial charge < -0.3 is 4.74 Å². The zero-order chi connectivity index (χ0) is 14.0. The zero-order valence-corrected chi connectivity index (χ0v) is 11.1. The van der Waals surface area contributed by atoms with Crippen molar-refractivity contribution in [2.75, 3.05) is 0 Å². The molecule has 2 rings (SSSR count). The van der Waals surface area contributed by atoms with Gasteiger partial charge in [0.2, 0.25) is 0 Å². The van der Waals surface area contributed by atoms with Crippen molar-refractivity contribution in [1.82, 2.24) is 0 Å². The van der Waals surface area contributed by atoms with Crippen molar-refractivity contribution >= 4 is 17.5 Å². The summed E-state index contributed by atoms with van der Waals surface area (Å²) in [5, 5.41) is 0.128. The summed E-state index contributed by atoms with van der Waals surface area (Å²) in [5.74, 6) is -0.00920. The number of ether oxygens (including phenoxy) is 1. The molecule has 0 aromatic heterocycles. The number of hydrogen-bond acceptors (Lipinski definition) is 3. The molecule has 1 heterocycles. The van der Waals surface area contributed by atoms with Crippen LogP contribution < -0.4 is 4.74 Å². The Labute approximate surface area is 113 Å². The minimum absolute atomic E-state index is 0.0143. The maximum atomic E-state index is 12.1. The Balaban J connectivity index is 2.01. The summed E-state index contributed by atoms with van der Waals surface area (Å²) in [4.78, 5) is 11.4. The van der Waals surface area contributed by atoms with Crippen LogP contribution in [0.2, 0.25) is 0 Å². The van der Waals surface area contributed by atoms with E-state index in [9.17, 15) is 18.0 Å². The topological polar surface area (TPSA) is 26.3 Å². The van der Waals surface area contributed by atoms with E-state index in [2.05, 4.69) is 4.74 Å².